The second-order valence-corrected chi connectivity index (χ2v) is 7.82. The van der Waals surface area contributed by atoms with E-state index in [1.54, 1.807) is 11.8 Å². The van der Waals surface area contributed by atoms with Crippen LogP contribution in [-0.4, -0.2) is 28.3 Å². The largest absolute Gasteiger partial charge is 0.366 e. The number of rotatable bonds is 5. The SMILES string of the molecule is O[C@H]1OC[C@H](c2ccccc2)N(Cc2ccccc2)[C@H]1Sc1ccccc1. The van der Waals surface area contributed by atoms with Gasteiger partial charge in [-0.25, -0.2) is 0 Å². The molecule has 0 aliphatic carbocycles. The zero-order valence-corrected chi connectivity index (χ0v) is 15.8. The molecule has 3 aromatic rings. The summed E-state index contributed by atoms with van der Waals surface area (Å²) in [5.74, 6) is 0. The Morgan fingerprint density at radius 2 is 1.44 bits per heavy atom. The molecule has 3 aromatic carbocycles. The number of hydrogen-bond donors (Lipinski definition) is 1. The molecule has 0 aromatic heterocycles. The Labute approximate surface area is 164 Å². The van der Waals surface area contributed by atoms with E-state index >= 15 is 0 Å². The zero-order chi connectivity index (χ0) is 18.5. The molecule has 0 bridgehead atoms. The van der Waals surface area contributed by atoms with Gasteiger partial charge in [0.15, 0.2) is 6.29 Å². The molecule has 1 fully saturated rings. The van der Waals surface area contributed by atoms with Crippen molar-refractivity contribution >= 4 is 11.8 Å². The second-order valence-electron chi connectivity index (χ2n) is 6.63. The summed E-state index contributed by atoms with van der Waals surface area (Å²) < 4.78 is 5.79. The van der Waals surface area contributed by atoms with Crippen LogP contribution in [0.15, 0.2) is 95.9 Å². The maximum Gasteiger partial charge on any atom is 0.180 e. The summed E-state index contributed by atoms with van der Waals surface area (Å²) in [6, 6.07) is 31.1. The molecule has 1 heterocycles. The molecule has 3 nitrogen and oxygen atoms in total. The van der Waals surface area contributed by atoms with Crippen LogP contribution >= 0.6 is 11.8 Å². The number of hydrogen-bond acceptors (Lipinski definition) is 4. The number of ether oxygens (including phenoxy) is 1. The number of thioether (sulfide) groups is 1. The van der Waals surface area contributed by atoms with Crippen LogP contribution in [0.1, 0.15) is 17.2 Å². The fourth-order valence-corrected chi connectivity index (χ4v) is 4.58. The maximum absolute atomic E-state index is 10.7. The van der Waals surface area contributed by atoms with Gasteiger partial charge in [0.05, 0.1) is 12.6 Å². The van der Waals surface area contributed by atoms with Crippen molar-refractivity contribution in [3.05, 3.63) is 102 Å². The van der Waals surface area contributed by atoms with Crippen LogP contribution in [0.2, 0.25) is 0 Å². The highest BCUT2D eigenvalue weighted by atomic mass is 32.2. The molecule has 0 unspecified atom stereocenters. The summed E-state index contributed by atoms with van der Waals surface area (Å²) in [4.78, 5) is 3.48. The summed E-state index contributed by atoms with van der Waals surface area (Å²) >= 11 is 1.65. The highest BCUT2D eigenvalue weighted by molar-refractivity contribution is 8.00. The molecule has 138 valence electrons. The predicted molar refractivity (Wildman–Crippen MR) is 109 cm³/mol. The molecule has 3 atom stereocenters. The molecule has 1 N–H and O–H groups in total. The van der Waals surface area contributed by atoms with E-state index in [9.17, 15) is 5.11 Å². The summed E-state index contributed by atoms with van der Waals surface area (Å²) in [6.45, 7) is 1.23. The lowest BCUT2D eigenvalue weighted by Gasteiger charge is -2.44. The fraction of sp³-hybridized carbons (Fsp3) is 0.217. The molecule has 0 radical (unpaired) electrons. The summed E-state index contributed by atoms with van der Waals surface area (Å²) in [5.41, 5.74) is 2.44. The minimum atomic E-state index is -0.834. The Kier molecular flexibility index (Phi) is 5.90. The van der Waals surface area contributed by atoms with Crippen LogP contribution in [-0.2, 0) is 11.3 Å². The Morgan fingerprint density at radius 1 is 0.852 bits per heavy atom. The van der Waals surface area contributed by atoms with Gasteiger partial charge in [-0.2, -0.15) is 0 Å². The van der Waals surface area contributed by atoms with Crippen LogP contribution in [0.4, 0.5) is 0 Å². The quantitative estimate of drug-likeness (QED) is 0.699. The van der Waals surface area contributed by atoms with Gasteiger partial charge >= 0.3 is 0 Å². The van der Waals surface area contributed by atoms with E-state index in [4.69, 9.17) is 4.74 Å². The fourth-order valence-electron chi connectivity index (χ4n) is 3.43. The van der Waals surface area contributed by atoms with Crippen LogP contribution in [0, 0.1) is 0 Å². The number of morpholine rings is 1. The second kappa shape index (κ2) is 8.72. The molecule has 1 aliphatic rings. The first-order valence-electron chi connectivity index (χ1n) is 9.17. The number of nitrogens with zero attached hydrogens (tertiary/aromatic N) is 1. The van der Waals surface area contributed by atoms with E-state index in [1.807, 2.05) is 30.3 Å². The lowest BCUT2D eigenvalue weighted by molar-refractivity contribution is -0.179. The predicted octanol–water partition coefficient (Wildman–Crippen LogP) is 4.70. The Hall–Kier alpha value is -2.11. The molecule has 4 heteroatoms. The van der Waals surface area contributed by atoms with Crippen molar-refractivity contribution in [1.82, 2.24) is 4.90 Å². The maximum atomic E-state index is 10.7. The zero-order valence-electron chi connectivity index (χ0n) is 15.0. The molecule has 1 saturated heterocycles. The van der Waals surface area contributed by atoms with Crippen molar-refractivity contribution in [2.45, 2.75) is 29.1 Å². The first kappa shape index (κ1) is 18.3. The van der Waals surface area contributed by atoms with Crippen molar-refractivity contribution in [2.24, 2.45) is 0 Å². The van der Waals surface area contributed by atoms with Gasteiger partial charge in [-0.05, 0) is 23.3 Å². The number of benzene rings is 3. The molecule has 4 rings (SSSR count). The monoisotopic (exact) mass is 377 g/mol. The van der Waals surface area contributed by atoms with Gasteiger partial charge in [0.1, 0.15) is 5.37 Å². The topological polar surface area (TPSA) is 32.7 Å². The molecular weight excluding hydrogens is 354 g/mol. The van der Waals surface area contributed by atoms with Crippen molar-refractivity contribution in [2.75, 3.05) is 6.61 Å². The van der Waals surface area contributed by atoms with E-state index < -0.39 is 6.29 Å². The Balaban J connectivity index is 1.66. The number of aliphatic hydroxyl groups excluding tert-OH is 1. The van der Waals surface area contributed by atoms with Gasteiger partial charge in [-0.1, -0.05) is 78.9 Å². The third kappa shape index (κ3) is 4.42. The molecule has 0 amide bonds. The summed E-state index contributed by atoms with van der Waals surface area (Å²) in [6.07, 6.45) is -0.834. The van der Waals surface area contributed by atoms with Gasteiger partial charge in [-0.3, -0.25) is 4.90 Å². The van der Waals surface area contributed by atoms with Crippen molar-refractivity contribution < 1.29 is 9.84 Å². The first-order chi connectivity index (χ1) is 13.3. The molecule has 1 aliphatic heterocycles. The average molecular weight is 378 g/mol. The third-order valence-corrected chi connectivity index (χ3v) is 6.08. The van der Waals surface area contributed by atoms with E-state index in [0.717, 1.165) is 11.4 Å². The normalized spacial score (nSPS) is 23.2. The van der Waals surface area contributed by atoms with E-state index in [1.165, 1.54) is 11.1 Å². The van der Waals surface area contributed by atoms with Crippen LogP contribution in [0.3, 0.4) is 0 Å². The molecule has 0 spiro atoms. The summed E-state index contributed by atoms with van der Waals surface area (Å²) in [7, 11) is 0. The van der Waals surface area contributed by atoms with E-state index in [2.05, 4.69) is 65.6 Å². The molecular formula is C23H23NO2S. The van der Waals surface area contributed by atoms with Crippen molar-refractivity contribution in [3.8, 4) is 0 Å². The lowest BCUT2D eigenvalue weighted by atomic mass is 10.0. The Morgan fingerprint density at radius 3 is 2.11 bits per heavy atom. The molecule has 0 saturated carbocycles. The van der Waals surface area contributed by atoms with Gasteiger partial charge in [-0.15, -0.1) is 11.8 Å². The van der Waals surface area contributed by atoms with Crippen LogP contribution in [0.25, 0.3) is 0 Å². The highest BCUT2D eigenvalue weighted by Crippen LogP contribution is 2.38. The highest BCUT2D eigenvalue weighted by Gasteiger charge is 2.38. The van der Waals surface area contributed by atoms with E-state index in [0.29, 0.717) is 6.61 Å². The lowest BCUT2D eigenvalue weighted by Crippen LogP contribution is -2.50. The smallest absolute Gasteiger partial charge is 0.180 e. The van der Waals surface area contributed by atoms with Crippen molar-refractivity contribution in [1.29, 1.82) is 0 Å². The van der Waals surface area contributed by atoms with Crippen molar-refractivity contribution in [3.63, 3.8) is 0 Å². The Bertz CT molecular complexity index is 829. The van der Waals surface area contributed by atoms with E-state index in [-0.39, 0.29) is 11.4 Å². The van der Waals surface area contributed by atoms with Crippen LogP contribution < -0.4 is 0 Å². The minimum Gasteiger partial charge on any atom is -0.366 e. The first-order valence-corrected chi connectivity index (χ1v) is 10.1. The van der Waals surface area contributed by atoms with Gasteiger partial charge in [0, 0.05) is 11.4 Å². The number of aliphatic hydroxyl groups is 1. The third-order valence-electron chi connectivity index (χ3n) is 4.79. The summed E-state index contributed by atoms with van der Waals surface area (Å²) in [5, 5.41) is 10.5. The average Bonchev–Trinajstić information content (AvgIpc) is 2.73. The van der Waals surface area contributed by atoms with Gasteiger partial charge in [0.2, 0.25) is 0 Å². The van der Waals surface area contributed by atoms with Gasteiger partial charge in [0.25, 0.3) is 0 Å². The minimum absolute atomic E-state index is 0.0935. The standard InChI is InChI=1S/C23H23NO2S/c25-23-22(27-20-14-8-3-9-15-20)24(16-18-10-4-1-5-11-18)21(17-26-23)19-12-6-2-7-13-19/h1-15,21-23,25H,16-17H2/t21-,22+,23+/m1/s1. The van der Waals surface area contributed by atoms with Crippen LogP contribution in [0.5, 0.6) is 0 Å². The molecule has 27 heavy (non-hydrogen) atoms. The van der Waals surface area contributed by atoms with Gasteiger partial charge < -0.3 is 9.84 Å².